The number of aliphatic hydroxyl groups is 1. The number of piperidine rings is 1. The van der Waals surface area contributed by atoms with E-state index >= 15 is 0 Å². The average Bonchev–Trinajstić information content (AvgIpc) is 2.29. The number of carbonyl (C=O) groups is 1. The summed E-state index contributed by atoms with van der Waals surface area (Å²) >= 11 is 0. The van der Waals surface area contributed by atoms with Crippen molar-refractivity contribution in [1.82, 2.24) is 4.90 Å². The van der Waals surface area contributed by atoms with Gasteiger partial charge >= 0.3 is 0 Å². The first kappa shape index (κ1) is 14.5. The van der Waals surface area contributed by atoms with Crippen molar-refractivity contribution >= 4 is 5.91 Å². The van der Waals surface area contributed by atoms with E-state index in [0.29, 0.717) is 6.42 Å². The minimum absolute atomic E-state index is 0.175. The van der Waals surface area contributed by atoms with Gasteiger partial charge in [-0.2, -0.15) is 0 Å². The van der Waals surface area contributed by atoms with E-state index in [9.17, 15) is 4.79 Å². The van der Waals surface area contributed by atoms with Crippen LogP contribution in [0.2, 0.25) is 0 Å². The third kappa shape index (κ3) is 5.04. The number of aliphatic hydroxyl groups excluding tert-OH is 1. The molecular weight excluding hydrogens is 216 g/mol. The fourth-order valence-electron chi connectivity index (χ4n) is 2.50. The maximum Gasteiger partial charge on any atom is 0.222 e. The molecule has 0 aromatic rings. The normalized spacial score (nSPS) is 22.5. The van der Waals surface area contributed by atoms with Crippen molar-refractivity contribution in [2.45, 2.75) is 64.0 Å². The molecule has 0 bridgehead atoms. The second kappa shape index (κ2) is 7.67. The highest BCUT2D eigenvalue weighted by molar-refractivity contribution is 5.76. The van der Waals surface area contributed by atoms with Crippen LogP contribution in [0.25, 0.3) is 0 Å². The van der Waals surface area contributed by atoms with Gasteiger partial charge in [0.25, 0.3) is 0 Å². The third-order valence-electron chi connectivity index (χ3n) is 3.46. The highest BCUT2D eigenvalue weighted by Gasteiger charge is 2.25. The average molecular weight is 242 g/mol. The zero-order chi connectivity index (χ0) is 12.7. The van der Waals surface area contributed by atoms with E-state index in [4.69, 9.17) is 10.8 Å². The molecule has 0 spiro atoms. The van der Waals surface area contributed by atoms with Gasteiger partial charge in [0.15, 0.2) is 0 Å². The van der Waals surface area contributed by atoms with Crippen molar-refractivity contribution in [2.75, 3.05) is 13.2 Å². The number of hydrogen-bond donors (Lipinski definition) is 2. The second-order valence-corrected chi connectivity index (χ2v) is 5.12. The number of nitrogens with zero attached hydrogens (tertiary/aromatic N) is 1. The molecule has 4 heteroatoms. The molecule has 0 saturated carbocycles. The first-order valence-corrected chi connectivity index (χ1v) is 6.81. The zero-order valence-corrected chi connectivity index (χ0v) is 10.9. The Morgan fingerprint density at radius 3 is 2.94 bits per heavy atom. The van der Waals surface area contributed by atoms with E-state index in [1.807, 2.05) is 11.8 Å². The van der Waals surface area contributed by atoms with Crippen LogP contribution in [-0.4, -0.2) is 41.1 Å². The maximum absolute atomic E-state index is 12.1. The lowest BCUT2D eigenvalue weighted by molar-refractivity contribution is -0.135. The number of amides is 1. The molecule has 100 valence electrons. The summed E-state index contributed by atoms with van der Waals surface area (Å²) in [5.41, 5.74) is 5.67. The first-order chi connectivity index (χ1) is 8.15. The largest absolute Gasteiger partial charge is 0.396 e. The molecule has 1 aliphatic rings. The molecule has 0 aliphatic carbocycles. The number of likely N-dealkylation sites (tertiary alicyclic amines) is 1. The van der Waals surface area contributed by atoms with Crippen molar-refractivity contribution in [3.8, 4) is 0 Å². The summed E-state index contributed by atoms with van der Waals surface area (Å²) in [6.45, 7) is 3.01. The van der Waals surface area contributed by atoms with Crippen LogP contribution in [0.1, 0.15) is 51.9 Å². The SMILES string of the molecule is CC(N)CCCC(=O)N1CCCCC1CCO. The number of nitrogens with two attached hydrogens (primary N) is 1. The van der Waals surface area contributed by atoms with Crippen LogP contribution in [0, 0.1) is 0 Å². The molecule has 0 radical (unpaired) electrons. The lowest BCUT2D eigenvalue weighted by atomic mass is 9.98. The molecule has 1 heterocycles. The fraction of sp³-hybridized carbons (Fsp3) is 0.923. The lowest BCUT2D eigenvalue weighted by Crippen LogP contribution is -2.44. The van der Waals surface area contributed by atoms with Gasteiger partial charge in [-0.15, -0.1) is 0 Å². The third-order valence-corrected chi connectivity index (χ3v) is 3.46. The summed E-state index contributed by atoms with van der Waals surface area (Å²) in [7, 11) is 0. The van der Waals surface area contributed by atoms with Crippen LogP contribution in [0.5, 0.6) is 0 Å². The fourth-order valence-corrected chi connectivity index (χ4v) is 2.50. The van der Waals surface area contributed by atoms with Gasteiger partial charge in [-0.25, -0.2) is 0 Å². The Morgan fingerprint density at radius 1 is 1.53 bits per heavy atom. The molecule has 0 aromatic carbocycles. The van der Waals surface area contributed by atoms with Gasteiger partial charge in [0.2, 0.25) is 5.91 Å². The van der Waals surface area contributed by atoms with E-state index < -0.39 is 0 Å². The van der Waals surface area contributed by atoms with Crippen molar-refractivity contribution in [1.29, 1.82) is 0 Å². The van der Waals surface area contributed by atoms with Crippen molar-refractivity contribution < 1.29 is 9.90 Å². The Hall–Kier alpha value is -0.610. The Bertz CT molecular complexity index is 229. The molecule has 2 atom stereocenters. The Balaban J connectivity index is 2.36. The summed E-state index contributed by atoms with van der Waals surface area (Å²) in [5, 5.41) is 9.01. The predicted molar refractivity (Wildman–Crippen MR) is 68.6 cm³/mol. The molecule has 1 saturated heterocycles. The maximum atomic E-state index is 12.1. The van der Waals surface area contributed by atoms with Gasteiger partial charge in [-0.05, 0) is 45.4 Å². The van der Waals surface area contributed by atoms with Crippen LogP contribution in [0.3, 0.4) is 0 Å². The minimum Gasteiger partial charge on any atom is -0.396 e. The van der Waals surface area contributed by atoms with Gasteiger partial charge in [0.1, 0.15) is 0 Å². The quantitative estimate of drug-likeness (QED) is 0.737. The second-order valence-electron chi connectivity index (χ2n) is 5.12. The standard InChI is InChI=1S/C13H26N2O2/c1-11(14)5-4-7-13(17)15-9-3-2-6-12(15)8-10-16/h11-12,16H,2-10,14H2,1H3. The minimum atomic E-state index is 0.175. The van der Waals surface area contributed by atoms with Gasteiger partial charge in [-0.3, -0.25) is 4.79 Å². The van der Waals surface area contributed by atoms with Crippen molar-refractivity contribution in [3.05, 3.63) is 0 Å². The predicted octanol–water partition coefficient (Wildman–Crippen LogP) is 1.27. The highest BCUT2D eigenvalue weighted by atomic mass is 16.3. The topological polar surface area (TPSA) is 66.6 Å². The summed E-state index contributed by atoms with van der Waals surface area (Å²) < 4.78 is 0. The highest BCUT2D eigenvalue weighted by Crippen LogP contribution is 2.20. The van der Waals surface area contributed by atoms with E-state index in [1.165, 1.54) is 6.42 Å². The molecule has 1 rings (SSSR count). The molecule has 3 N–H and O–H groups in total. The molecule has 17 heavy (non-hydrogen) atoms. The van der Waals surface area contributed by atoms with Crippen LogP contribution in [0.15, 0.2) is 0 Å². The molecule has 1 amide bonds. The molecular formula is C13H26N2O2. The van der Waals surface area contributed by atoms with E-state index in [-0.39, 0.29) is 24.6 Å². The zero-order valence-electron chi connectivity index (χ0n) is 10.9. The molecule has 0 aromatic heterocycles. The van der Waals surface area contributed by atoms with Gasteiger partial charge < -0.3 is 15.7 Å². The molecule has 4 nitrogen and oxygen atoms in total. The summed E-state index contributed by atoms with van der Waals surface area (Å²) in [5.74, 6) is 0.240. The number of rotatable bonds is 6. The molecule has 1 fully saturated rings. The molecule has 1 aliphatic heterocycles. The van der Waals surface area contributed by atoms with E-state index in [0.717, 1.165) is 38.6 Å². The Kier molecular flexibility index (Phi) is 6.52. The Morgan fingerprint density at radius 2 is 2.29 bits per heavy atom. The first-order valence-electron chi connectivity index (χ1n) is 6.81. The van der Waals surface area contributed by atoms with Gasteiger partial charge in [-0.1, -0.05) is 0 Å². The number of hydrogen-bond acceptors (Lipinski definition) is 3. The van der Waals surface area contributed by atoms with Crippen molar-refractivity contribution in [3.63, 3.8) is 0 Å². The van der Waals surface area contributed by atoms with Gasteiger partial charge in [0, 0.05) is 31.7 Å². The number of carbonyl (C=O) groups excluding carboxylic acids is 1. The summed E-state index contributed by atoms with van der Waals surface area (Å²) in [6.07, 6.45) is 6.42. The van der Waals surface area contributed by atoms with E-state index in [1.54, 1.807) is 0 Å². The van der Waals surface area contributed by atoms with Gasteiger partial charge in [0.05, 0.1) is 0 Å². The van der Waals surface area contributed by atoms with Crippen LogP contribution in [0.4, 0.5) is 0 Å². The van der Waals surface area contributed by atoms with Crippen LogP contribution in [-0.2, 0) is 4.79 Å². The molecule has 2 unspecified atom stereocenters. The summed E-state index contributed by atoms with van der Waals surface area (Å²) in [4.78, 5) is 14.0. The summed E-state index contributed by atoms with van der Waals surface area (Å²) in [6, 6.07) is 0.439. The van der Waals surface area contributed by atoms with Crippen LogP contribution >= 0.6 is 0 Å². The van der Waals surface area contributed by atoms with E-state index in [2.05, 4.69) is 0 Å². The Labute approximate surface area is 104 Å². The smallest absolute Gasteiger partial charge is 0.222 e. The van der Waals surface area contributed by atoms with Crippen LogP contribution < -0.4 is 5.73 Å². The van der Waals surface area contributed by atoms with Crippen molar-refractivity contribution in [2.24, 2.45) is 5.73 Å². The lowest BCUT2D eigenvalue weighted by Gasteiger charge is -2.35. The monoisotopic (exact) mass is 242 g/mol.